The number of likely N-dealkylation sites (tertiary alicyclic amines) is 1. The second-order valence-electron chi connectivity index (χ2n) is 5.90. The normalized spacial score (nSPS) is 20.0. The first-order chi connectivity index (χ1) is 9.78. The molecule has 1 atom stereocenters. The number of halogens is 1. The van der Waals surface area contributed by atoms with Crippen LogP contribution < -0.4 is 5.32 Å². The van der Waals surface area contributed by atoms with E-state index in [1.54, 1.807) is 0 Å². The average Bonchev–Trinajstić information content (AvgIpc) is 2.47. The minimum atomic E-state index is -0.171. The van der Waals surface area contributed by atoms with E-state index in [2.05, 4.69) is 17.1 Å². The van der Waals surface area contributed by atoms with Crippen molar-refractivity contribution >= 4 is 5.69 Å². The monoisotopic (exact) mass is 278 g/mol. The van der Waals surface area contributed by atoms with Crippen LogP contribution in [0.1, 0.15) is 39.0 Å². The van der Waals surface area contributed by atoms with Crippen molar-refractivity contribution in [3.63, 3.8) is 0 Å². The molecule has 1 heterocycles. The van der Waals surface area contributed by atoms with Crippen LogP contribution in [0, 0.1) is 11.7 Å². The van der Waals surface area contributed by atoms with Crippen LogP contribution in [0.15, 0.2) is 24.3 Å². The van der Waals surface area contributed by atoms with E-state index in [4.69, 9.17) is 0 Å². The van der Waals surface area contributed by atoms with Crippen LogP contribution in [0.25, 0.3) is 0 Å². The third-order valence-corrected chi connectivity index (χ3v) is 4.12. The van der Waals surface area contributed by atoms with Crippen molar-refractivity contribution in [2.75, 3.05) is 31.5 Å². The predicted octanol–water partition coefficient (Wildman–Crippen LogP) is 4.14. The smallest absolute Gasteiger partial charge is 0.123 e. The fraction of sp³-hybridized carbons (Fsp3) is 0.647. The minimum Gasteiger partial charge on any atom is -0.385 e. The fourth-order valence-corrected chi connectivity index (χ4v) is 2.94. The first-order valence-corrected chi connectivity index (χ1v) is 7.99. The number of hydrogen-bond acceptors (Lipinski definition) is 2. The molecule has 1 aliphatic rings. The lowest BCUT2D eigenvalue weighted by molar-refractivity contribution is 0.177. The number of nitrogens with zero attached hydrogens (tertiary/aromatic N) is 1. The molecule has 0 saturated carbocycles. The van der Waals surface area contributed by atoms with Gasteiger partial charge in [0, 0.05) is 18.8 Å². The molecule has 2 nitrogen and oxygen atoms in total. The largest absolute Gasteiger partial charge is 0.385 e. The van der Waals surface area contributed by atoms with E-state index < -0.39 is 0 Å². The van der Waals surface area contributed by atoms with Crippen LogP contribution in [0.4, 0.5) is 10.1 Å². The summed E-state index contributed by atoms with van der Waals surface area (Å²) in [7, 11) is 0. The third kappa shape index (κ3) is 5.12. The van der Waals surface area contributed by atoms with Gasteiger partial charge in [-0.15, -0.1) is 0 Å². The average molecular weight is 278 g/mol. The summed E-state index contributed by atoms with van der Waals surface area (Å²) in [4.78, 5) is 2.61. The molecule has 0 radical (unpaired) electrons. The fourth-order valence-electron chi connectivity index (χ4n) is 2.94. The van der Waals surface area contributed by atoms with Crippen LogP contribution in [0.5, 0.6) is 0 Å². The van der Waals surface area contributed by atoms with E-state index in [0.29, 0.717) is 0 Å². The van der Waals surface area contributed by atoms with Crippen LogP contribution >= 0.6 is 0 Å². The number of piperidine rings is 1. The zero-order chi connectivity index (χ0) is 14.2. The molecule has 0 aliphatic carbocycles. The van der Waals surface area contributed by atoms with Crippen molar-refractivity contribution in [1.29, 1.82) is 0 Å². The topological polar surface area (TPSA) is 15.3 Å². The number of hydrogen-bond donors (Lipinski definition) is 1. The Labute approximate surface area is 122 Å². The summed E-state index contributed by atoms with van der Waals surface area (Å²) >= 11 is 0. The maximum Gasteiger partial charge on any atom is 0.123 e. The number of nitrogens with one attached hydrogen (secondary N) is 1. The molecule has 1 aromatic carbocycles. The van der Waals surface area contributed by atoms with E-state index in [-0.39, 0.29) is 5.82 Å². The molecular formula is C17H27FN2. The lowest BCUT2D eigenvalue weighted by Gasteiger charge is -2.33. The summed E-state index contributed by atoms with van der Waals surface area (Å²) in [6, 6.07) is 6.66. The molecule has 3 heteroatoms. The van der Waals surface area contributed by atoms with Gasteiger partial charge in [0.15, 0.2) is 0 Å². The Bertz CT molecular complexity index is 377. The van der Waals surface area contributed by atoms with Gasteiger partial charge in [0.1, 0.15) is 5.82 Å². The molecule has 0 spiro atoms. The van der Waals surface area contributed by atoms with Crippen LogP contribution in [-0.4, -0.2) is 31.1 Å². The Morgan fingerprint density at radius 3 is 2.80 bits per heavy atom. The van der Waals surface area contributed by atoms with Gasteiger partial charge in [0.2, 0.25) is 0 Å². The number of benzene rings is 1. The standard InChI is InChI=1S/C17H27FN2/c1-2-3-4-11-20-12-5-6-15(14-20)13-19-17-9-7-16(18)8-10-17/h7-10,15,19H,2-6,11-14H2,1H3. The van der Waals surface area contributed by atoms with E-state index in [0.717, 1.165) is 18.2 Å². The maximum absolute atomic E-state index is 12.8. The molecule has 1 unspecified atom stereocenters. The van der Waals surface area contributed by atoms with Gasteiger partial charge in [0.25, 0.3) is 0 Å². The first kappa shape index (κ1) is 15.3. The molecular weight excluding hydrogens is 251 g/mol. The van der Waals surface area contributed by atoms with Crippen molar-refractivity contribution in [1.82, 2.24) is 4.90 Å². The Kier molecular flexibility index (Phi) is 6.31. The third-order valence-electron chi connectivity index (χ3n) is 4.12. The van der Waals surface area contributed by atoms with Gasteiger partial charge in [-0.25, -0.2) is 4.39 Å². The van der Waals surface area contributed by atoms with E-state index in [1.165, 1.54) is 63.9 Å². The zero-order valence-corrected chi connectivity index (χ0v) is 12.6. The quantitative estimate of drug-likeness (QED) is 0.754. The number of anilines is 1. The molecule has 0 bridgehead atoms. The Hall–Kier alpha value is -1.09. The van der Waals surface area contributed by atoms with Crippen LogP contribution in [-0.2, 0) is 0 Å². The summed E-state index contributed by atoms with van der Waals surface area (Å²) in [5.41, 5.74) is 1.02. The molecule has 2 rings (SSSR count). The SMILES string of the molecule is CCCCCN1CCCC(CNc2ccc(F)cc2)C1. The van der Waals surface area contributed by atoms with Gasteiger partial charge in [-0.1, -0.05) is 19.8 Å². The number of unbranched alkanes of at least 4 members (excludes halogenated alkanes) is 2. The molecule has 1 aliphatic heterocycles. The van der Waals surface area contributed by atoms with Crippen molar-refractivity contribution in [3.8, 4) is 0 Å². The van der Waals surface area contributed by atoms with E-state index in [1.807, 2.05) is 12.1 Å². The summed E-state index contributed by atoms with van der Waals surface area (Å²) < 4.78 is 12.8. The van der Waals surface area contributed by atoms with Gasteiger partial charge in [-0.05, 0) is 62.5 Å². The highest BCUT2D eigenvalue weighted by molar-refractivity contribution is 5.42. The van der Waals surface area contributed by atoms with Gasteiger partial charge < -0.3 is 10.2 Å². The summed E-state index contributed by atoms with van der Waals surface area (Å²) in [6.45, 7) is 6.97. The molecule has 1 N–H and O–H groups in total. The van der Waals surface area contributed by atoms with Crippen molar-refractivity contribution in [2.45, 2.75) is 39.0 Å². The Balaban J connectivity index is 1.71. The first-order valence-electron chi connectivity index (χ1n) is 7.99. The lowest BCUT2D eigenvalue weighted by atomic mass is 9.97. The van der Waals surface area contributed by atoms with Gasteiger partial charge >= 0.3 is 0 Å². The summed E-state index contributed by atoms with van der Waals surface area (Å²) in [5.74, 6) is 0.547. The van der Waals surface area contributed by atoms with Crippen molar-refractivity contribution in [2.24, 2.45) is 5.92 Å². The maximum atomic E-state index is 12.8. The molecule has 1 fully saturated rings. The Morgan fingerprint density at radius 1 is 1.25 bits per heavy atom. The number of rotatable bonds is 7. The zero-order valence-electron chi connectivity index (χ0n) is 12.6. The summed E-state index contributed by atoms with van der Waals surface area (Å²) in [5, 5.41) is 3.44. The van der Waals surface area contributed by atoms with Gasteiger partial charge in [-0.3, -0.25) is 0 Å². The Morgan fingerprint density at radius 2 is 2.05 bits per heavy atom. The molecule has 0 amide bonds. The van der Waals surface area contributed by atoms with Gasteiger partial charge in [0.05, 0.1) is 0 Å². The van der Waals surface area contributed by atoms with Crippen LogP contribution in [0.3, 0.4) is 0 Å². The van der Waals surface area contributed by atoms with E-state index >= 15 is 0 Å². The predicted molar refractivity (Wildman–Crippen MR) is 83.6 cm³/mol. The van der Waals surface area contributed by atoms with Gasteiger partial charge in [-0.2, -0.15) is 0 Å². The lowest BCUT2D eigenvalue weighted by Crippen LogP contribution is -2.38. The highest BCUT2D eigenvalue weighted by Crippen LogP contribution is 2.18. The second kappa shape index (κ2) is 8.25. The highest BCUT2D eigenvalue weighted by Gasteiger charge is 2.19. The summed E-state index contributed by atoms with van der Waals surface area (Å²) in [6.07, 6.45) is 6.58. The van der Waals surface area contributed by atoms with Crippen LogP contribution in [0.2, 0.25) is 0 Å². The molecule has 1 aromatic rings. The molecule has 20 heavy (non-hydrogen) atoms. The highest BCUT2D eigenvalue weighted by atomic mass is 19.1. The molecule has 112 valence electrons. The molecule has 0 aromatic heterocycles. The molecule has 1 saturated heterocycles. The minimum absolute atomic E-state index is 0.171. The van der Waals surface area contributed by atoms with E-state index in [9.17, 15) is 4.39 Å². The van der Waals surface area contributed by atoms with Crippen molar-refractivity contribution in [3.05, 3.63) is 30.1 Å². The second-order valence-corrected chi connectivity index (χ2v) is 5.90. The van der Waals surface area contributed by atoms with Crippen molar-refractivity contribution < 1.29 is 4.39 Å².